The number of aromatic nitrogens is 1. The van der Waals surface area contributed by atoms with Gasteiger partial charge in [0.15, 0.2) is 0 Å². The van der Waals surface area contributed by atoms with E-state index in [-0.39, 0.29) is 4.90 Å². The van der Waals surface area contributed by atoms with Crippen molar-refractivity contribution >= 4 is 38.2 Å². The van der Waals surface area contributed by atoms with Crippen molar-refractivity contribution < 1.29 is 8.42 Å². The van der Waals surface area contributed by atoms with Crippen LogP contribution in [-0.4, -0.2) is 26.0 Å². The van der Waals surface area contributed by atoms with E-state index in [9.17, 15) is 8.42 Å². The Labute approximate surface area is 157 Å². The average Bonchev–Trinajstić information content (AvgIpc) is 3.26. The SMILES string of the molecule is O=S(=O)(Nc1ccc2[nH]cc(C[C@H]3CCCN3)c2c1)c1ccc(Cl)cc1. The summed E-state index contributed by atoms with van der Waals surface area (Å²) in [7, 11) is -3.65. The van der Waals surface area contributed by atoms with Gasteiger partial charge in [0.05, 0.1) is 4.90 Å². The third-order valence-corrected chi connectivity index (χ3v) is 6.42. The molecule has 136 valence electrons. The number of H-pyrrole nitrogens is 1. The van der Waals surface area contributed by atoms with E-state index < -0.39 is 10.0 Å². The zero-order valence-corrected chi connectivity index (χ0v) is 15.7. The second kappa shape index (κ2) is 6.95. The molecule has 1 aliphatic heterocycles. The molecule has 0 aliphatic carbocycles. The van der Waals surface area contributed by atoms with Gasteiger partial charge >= 0.3 is 0 Å². The van der Waals surface area contributed by atoms with Crippen LogP contribution in [0.1, 0.15) is 18.4 Å². The third-order valence-electron chi connectivity index (χ3n) is 4.77. The Kier molecular flexibility index (Phi) is 4.65. The number of aromatic amines is 1. The summed E-state index contributed by atoms with van der Waals surface area (Å²) in [5.74, 6) is 0. The van der Waals surface area contributed by atoms with Crippen LogP contribution in [0.4, 0.5) is 5.69 Å². The minimum absolute atomic E-state index is 0.187. The van der Waals surface area contributed by atoms with Crippen LogP contribution in [0, 0.1) is 0 Å². The number of halogens is 1. The fraction of sp³-hybridized carbons (Fsp3) is 0.263. The highest BCUT2D eigenvalue weighted by Crippen LogP contribution is 2.26. The first-order valence-electron chi connectivity index (χ1n) is 8.63. The predicted molar refractivity (Wildman–Crippen MR) is 105 cm³/mol. The van der Waals surface area contributed by atoms with Crippen molar-refractivity contribution in [2.45, 2.75) is 30.2 Å². The second-order valence-corrected chi connectivity index (χ2v) is 8.75. The lowest BCUT2D eigenvalue weighted by molar-refractivity contribution is 0.601. The molecule has 1 saturated heterocycles. The lowest BCUT2D eigenvalue weighted by Crippen LogP contribution is -2.23. The summed E-state index contributed by atoms with van der Waals surface area (Å²) >= 11 is 5.84. The normalized spacial score (nSPS) is 17.7. The lowest BCUT2D eigenvalue weighted by atomic mass is 10.0. The van der Waals surface area contributed by atoms with Gasteiger partial charge in [0.25, 0.3) is 10.0 Å². The van der Waals surface area contributed by atoms with Gasteiger partial charge in [-0.25, -0.2) is 8.42 Å². The van der Waals surface area contributed by atoms with Gasteiger partial charge in [-0.05, 0) is 73.8 Å². The Morgan fingerprint density at radius 2 is 1.96 bits per heavy atom. The number of nitrogens with one attached hydrogen (secondary N) is 3. The van der Waals surface area contributed by atoms with E-state index in [1.165, 1.54) is 30.5 Å². The molecule has 0 bridgehead atoms. The molecule has 0 saturated carbocycles. The van der Waals surface area contributed by atoms with Crippen LogP contribution in [0.5, 0.6) is 0 Å². The van der Waals surface area contributed by atoms with Crippen LogP contribution in [0.25, 0.3) is 10.9 Å². The minimum Gasteiger partial charge on any atom is -0.361 e. The van der Waals surface area contributed by atoms with E-state index >= 15 is 0 Å². The van der Waals surface area contributed by atoms with Crippen LogP contribution in [0.15, 0.2) is 53.6 Å². The molecule has 3 aromatic rings. The van der Waals surface area contributed by atoms with Crippen molar-refractivity contribution in [2.75, 3.05) is 11.3 Å². The summed E-state index contributed by atoms with van der Waals surface area (Å²) in [5.41, 5.74) is 2.76. The molecule has 26 heavy (non-hydrogen) atoms. The first-order valence-corrected chi connectivity index (χ1v) is 10.5. The van der Waals surface area contributed by atoms with Gasteiger partial charge in [-0.3, -0.25) is 4.72 Å². The Morgan fingerprint density at radius 1 is 1.15 bits per heavy atom. The fourth-order valence-corrected chi connectivity index (χ4v) is 4.61. The summed E-state index contributed by atoms with van der Waals surface area (Å²) in [5, 5.41) is 5.06. The van der Waals surface area contributed by atoms with Gasteiger partial charge in [-0.15, -0.1) is 0 Å². The Bertz CT molecular complexity index is 1020. The summed E-state index contributed by atoms with van der Waals surface area (Å²) in [6.07, 6.45) is 5.34. The van der Waals surface area contributed by atoms with Crippen molar-refractivity contribution in [3.63, 3.8) is 0 Å². The Balaban J connectivity index is 1.61. The molecule has 1 atom stereocenters. The highest BCUT2D eigenvalue weighted by atomic mass is 35.5. The smallest absolute Gasteiger partial charge is 0.261 e. The number of benzene rings is 2. The molecule has 3 N–H and O–H groups in total. The molecule has 2 aromatic carbocycles. The first kappa shape index (κ1) is 17.4. The van der Waals surface area contributed by atoms with Crippen LogP contribution in [0.2, 0.25) is 5.02 Å². The van der Waals surface area contributed by atoms with Crippen LogP contribution < -0.4 is 10.0 Å². The van der Waals surface area contributed by atoms with E-state index in [2.05, 4.69) is 15.0 Å². The third kappa shape index (κ3) is 3.58. The van der Waals surface area contributed by atoms with E-state index in [4.69, 9.17) is 11.6 Å². The van der Waals surface area contributed by atoms with E-state index in [1.807, 2.05) is 18.3 Å². The standard InChI is InChI=1S/C19H20ClN3O2S/c20-14-3-6-17(7-4-14)26(24,25)23-16-5-8-19-18(11-16)13(12-22-19)10-15-2-1-9-21-15/h3-8,11-12,15,21-23H,1-2,9-10H2/t15-/m1/s1. The zero-order valence-electron chi connectivity index (χ0n) is 14.1. The zero-order chi connectivity index (χ0) is 18.1. The maximum Gasteiger partial charge on any atom is 0.261 e. The van der Waals surface area contributed by atoms with Crippen LogP contribution in [0.3, 0.4) is 0 Å². The maximum atomic E-state index is 12.6. The molecule has 0 radical (unpaired) electrons. The molecular formula is C19H20ClN3O2S. The number of fused-ring (bicyclic) bond motifs is 1. The molecule has 7 heteroatoms. The van der Waals surface area contributed by atoms with E-state index in [0.717, 1.165) is 23.9 Å². The molecule has 5 nitrogen and oxygen atoms in total. The van der Waals surface area contributed by atoms with E-state index in [0.29, 0.717) is 16.8 Å². The lowest BCUT2D eigenvalue weighted by Gasteiger charge is -2.11. The predicted octanol–water partition coefficient (Wildman–Crippen LogP) is 3.92. The summed E-state index contributed by atoms with van der Waals surface area (Å²) in [6, 6.07) is 12.2. The topological polar surface area (TPSA) is 74.0 Å². The van der Waals surface area contributed by atoms with Crippen LogP contribution >= 0.6 is 11.6 Å². The van der Waals surface area contributed by atoms with Gasteiger partial charge in [-0.2, -0.15) is 0 Å². The molecule has 4 rings (SSSR count). The number of anilines is 1. The summed E-state index contributed by atoms with van der Waals surface area (Å²) < 4.78 is 27.8. The van der Waals surface area contributed by atoms with Gasteiger partial charge < -0.3 is 10.3 Å². The van der Waals surface area contributed by atoms with Crippen molar-refractivity contribution in [1.29, 1.82) is 0 Å². The molecular weight excluding hydrogens is 370 g/mol. The second-order valence-electron chi connectivity index (χ2n) is 6.63. The molecule has 1 aromatic heterocycles. The number of hydrogen-bond acceptors (Lipinski definition) is 3. The molecule has 0 amide bonds. The fourth-order valence-electron chi connectivity index (χ4n) is 3.44. The minimum atomic E-state index is -3.65. The average molecular weight is 390 g/mol. The highest BCUT2D eigenvalue weighted by Gasteiger charge is 2.18. The molecule has 1 aliphatic rings. The monoisotopic (exact) mass is 389 g/mol. The van der Waals surface area contributed by atoms with Gasteiger partial charge in [0.1, 0.15) is 0 Å². The van der Waals surface area contributed by atoms with Crippen LogP contribution in [-0.2, 0) is 16.4 Å². The maximum absolute atomic E-state index is 12.6. The van der Waals surface area contributed by atoms with Gasteiger partial charge in [-0.1, -0.05) is 11.6 Å². The van der Waals surface area contributed by atoms with Crippen molar-refractivity contribution in [2.24, 2.45) is 0 Å². The molecule has 0 spiro atoms. The highest BCUT2D eigenvalue weighted by molar-refractivity contribution is 7.92. The summed E-state index contributed by atoms with van der Waals surface area (Å²) in [6.45, 7) is 1.07. The van der Waals surface area contributed by atoms with Gasteiger partial charge in [0.2, 0.25) is 0 Å². The molecule has 2 heterocycles. The molecule has 0 unspecified atom stereocenters. The quantitative estimate of drug-likeness (QED) is 0.619. The van der Waals surface area contributed by atoms with Crippen molar-refractivity contribution in [1.82, 2.24) is 10.3 Å². The van der Waals surface area contributed by atoms with Gasteiger partial charge in [0, 0.05) is 33.9 Å². The Morgan fingerprint density at radius 3 is 2.69 bits per heavy atom. The summed E-state index contributed by atoms with van der Waals surface area (Å²) in [4.78, 5) is 3.46. The van der Waals surface area contributed by atoms with Crippen molar-refractivity contribution in [3.8, 4) is 0 Å². The largest absolute Gasteiger partial charge is 0.361 e. The number of hydrogen-bond donors (Lipinski definition) is 3. The Hall–Kier alpha value is -2.02. The van der Waals surface area contributed by atoms with Crippen molar-refractivity contribution in [3.05, 3.63) is 59.2 Å². The first-order chi connectivity index (χ1) is 12.5. The molecule has 1 fully saturated rings. The number of rotatable bonds is 5. The number of sulfonamides is 1. The van der Waals surface area contributed by atoms with E-state index in [1.54, 1.807) is 18.2 Å².